The molecule has 90 valence electrons. The van der Waals surface area contributed by atoms with Crippen LogP contribution in [0.15, 0.2) is 0 Å². The van der Waals surface area contributed by atoms with Crippen LogP contribution in [0.1, 0.15) is 32.1 Å². The maximum Gasteiger partial charge on any atom is 0.225 e. The molecule has 1 heterocycles. The highest BCUT2D eigenvalue weighted by Gasteiger charge is 2.27. The largest absolute Gasteiger partial charge is 0.391 e. The Morgan fingerprint density at radius 1 is 1.50 bits per heavy atom. The number of β-amino-alcohol motifs (C(OH)–C–C–N with tert-alkyl or cyclic N) is 1. The van der Waals surface area contributed by atoms with Crippen LogP contribution in [0.2, 0.25) is 0 Å². The maximum absolute atomic E-state index is 11.3. The minimum absolute atomic E-state index is 0.00454. The van der Waals surface area contributed by atoms with Crippen molar-refractivity contribution < 1.29 is 14.7 Å². The van der Waals surface area contributed by atoms with Crippen LogP contribution in [-0.2, 0) is 9.59 Å². The highest BCUT2D eigenvalue weighted by atomic mass is 16.3. The summed E-state index contributed by atoms with van der Waals surface area (Å²) in [6.07, 6.45) is 3.06. The number of aliphatic hydroxyl groups excluding tert-OH is 1. The number of nitrogens with zero attached hydrogens (tertiary/aromatic N) is 1. The first-order valence-corrected chi connectivity index (χ1v) is 5.90. The van der Waals surface area contributed by atoms with Gasteiger partial charge in [0.25, 0.3) is 0 Å². The Labute approximate surface area is 94.8 Å². The van der Waals surface area contributed by atoms with E-state index in [-0.39, 0.29) is 18.2 Å². The van der Waals surface area contributed by atoms with E-state index in [1.165, 1.54) is 0 Å². The Hall–Kier alpha value is -1.10. The van der Waals surface area contributed by atoms with Crippen LogP contribution in [-0.4, -0.2) is 47.1 Å². The van der Waals surface area contributed by atoms with Gasteiger partial charge in [-0.25, -0.2) is 0 Å². The second-order valence-corrected chi connectivity index (χ2v) is 4.64. The average Bonchev–Trinajstić information content (AvgIpc) is 2.94. The van der Waals surface area contributed by atoms with Crippen molar-refractivity contribution >= 4 is 11.8 Å². The third-order valence-corrected chi connectivity index (χ3v) is 2.97. The summed E-state index contributed by atoms with van der Waals surface area (Å²) >= 11 is 0. The molecule has 2 rings (SSSR count). The monoisotopic (exact) mass is 226 g/mol. The van der Waals surface area contributed by atoms with E-state index in [2.05, 4.69) is 5.32 Å². The van der Waals surface area contributed by atoms with Gasteiger partial charge in [-0.05, 0) is 19.3 Å². The molecule has 16 heavy (non-hydrogen) atoms. The van der Waals surface area contributed by atoms with E-state index in [9.17, 15) is 14.7 Å². The van der Waals surface area contributed by atoms with E-state index >= 15 is 0 Å². The molecule has 1 aliphatic carbocycles. The van der Waals surface area contributed by atoms with Gasteiger partial charge < -0.3 is 15.3 Å². The van der Waals surface area contributed by atoms with Gasteiger partial charge >= 0.3 is 0 Å². The molecule has 1 aliphatic heterocycles. The van der Waals surface area contributed by atoms with Gasteiger partial charge in [-0.3, -0.25) is 9.59 Å². The molecule has 0 bridgehead atoms. The van der Waals surface area contributed by atoms with Gasteiger partial charge in [0.1, 0.15) is 0 Å². The molecule has 2 N–H and O–H groups in total. The van der Waals surface area contributed by atoms with Gasteiger partial charge in [-0.15, -0.1) is 0 Å². The van der Waals surface area contributed by atoms with Gasteiger partial charge in [0.2, 0.25) is 11.8 Å². The zero-order valence-electron chi connectivity index (χ0n) is 9.32. The van der Waals surface area contributed by atoms with Crippen LogP contribution in [0.3, 0.4) is 0 Å². The molecular weight excluding hydrogens is 208 g/mol. The SMILES string of the molecule is O=C(CCCN1CC(O)CC1=O)NC1CC1. The van der Waals surface area contributed by atoms with Crippen molar-refractivity contribution in [2.75, 3.05) is 13.1 Å². The molecule has 1 saturated carbocycles. The van der Waals surface area contributed by atoms with Crippen molar-refractivity contribution in [3.8, 4) is 0 Å². The predicted octanol–water partition coefficient (Wildman–Crippen LogP) is -0.362. The predicted molar refractivity (Wildman–Crippen MR) is 57.6 cm³/mol. The summed E-state index contributed by atoms with van der Waals surface area (Å²) in [5, 5.41) is 12.2. The van der Waals surface area contributed by atoms with Gasteiger partial charge in [0, 0.05) is 25.6 Å². The minimum atomic E-state index is -0.521. The van der Waals surface area contributed by atoms with Crippen molar-refractivity contribution in [1.29, 1.82) is 0 Å². The fourth-order valence-electron chi connectivity index (χ4n) is 1.93. The molecule has 2 aliphatic rings. The molecule has 2 fully saturated rings. The topological polar surface area (TPSA) is 69.6 Å². The highest BCUT2D eigenvalue weighted by molar-refractivity contribution is 5.79. The molecule has 0 spiro atoms. The molecule has 5 nitrogen and oxygen atoms in total. The zero-order chi connectivity index (χ0) is 11.5. The summed E-state index contributed by atoms with van der Waals surface area (Å²) in [6.45, 7) is 0.997. The average molecular weight is 226 g/mol. The normalized spacial score (nSPS) is 24.9. The van der Waals surface area contributed by atoms with E-state index in [1.54, 1.807) is 4.90 Å². The fourth-order valence-corrected chi connectivity index (χ4v) is 1.93. The van der Waals surface area contributed by atoms with E-state index in [4.69, 9.17) is 0 Å². The lowest BCUT2D eigenvalue weighted by Crippen LogP contribution is -2.29. The Balaban J connectivity index is 1.60. The number of nitrogens with one attached hydrogen (secondary N) is 1. The standard InChI is InChI=1S/C11H18N2O3/c14-9-6-11(16)13(7-9)5-1-2-10(15)12-8-3-4-8/h8-9,14H,1-7H2,(H,12,15). The lowest BCUT2D eigenvalue weighted by molar-refractivity contribution is -0.128. The number of carbonyl (C=O) groups is 2. The van der Waals surface area contributed by atoms with Crippen molar-refractivity contribution in [2.24, 2.45) is 0 Å². The molecule has 1 saturated heterocycles. The molecule has 5 heteroatoms. The van der Waals surface area contributed by atoms with Gasteiger partial charge in [0.15, 0.2) is 0 Å². The molecule has 1 unspecified atom stereocenters. The van der Waals surface area contributed by atoms with E-state index in [0.29, 0.717) is 32.0 Å². The van der Waals surface area contributed by atoms with E-state index in [1.807, 2.05) is 0 Å². The Bertz CT molecular complexity index is 289. The fraction of sp³-hybridized carbons (Fsp3) is 0.818. The number of likely N-dealkylation sites (tertiary alicyclic amines) is 1. The summed E-state index contributed by atoms with van der Waals surface area (Å²) in [5.74, 6) is 0.0739. The first kappa shape index (κ1) is 11.4. The highest BCUT2D eigenvalue weighted by Crippen LogP contribution is 2.18. The second kappa shape index (κ2) is 4.82. The number of rotatable bonds is 5. The van der Waals surface area contributed by atoms with E-state index in [0.717, 1.165) is 12.8 Å². The Morgan fingerprint density at radius 3 is 2.81 bits per heavy atom. The number of aliphatic hydroxyl groups is 1. The summed E-state index contributed by atoms with van der Waals surface area (Å²) in [7, 11) is 0. The van der Waals surface area contributed by atoms with Crippen molar-refractivity contribution in [1.82, 2.24) is 10.2 Å². The summed E-state index contributed by atoms with van der Waals surface area (Å²) in [4.78, 5) is 24.3. The Morgan fingerprint density at radius 2 is 2.25 bits per heavy atom. The van der Waals surface area contributed by atoms with Crippen LogP contribution in [0, 0.1) is 0 Å². The quantitative estimate of drug-likeness (QED) is 0.672. The molecule has 0 aromatic rings. The smallest absolute Gasteiger partial charge is 0.225 e. The number of hydrogen-bond acceptors (Lipinski definition) is 3. The third kappa shape index (κ3) is 3.20. The number of amides is 2. The van der Waals surface area contributed by atoms with Gasteiger partial charge in [-0.2, -0.15) is 0 Å². The first-order chi connectivity index (χ1) is 7.65. The molecule has 0 radical (unpaired) electrons. The van der Waals surface area contributed by atoms with Crippen LogP contribution in [0.4, 0.5) is 0 Å². The lowest BCUT2D eigenvalue weighted by Gasteiger charge is -2.15. The molecule has 1 atom stereocenters. The third-order valence-electron chi connectivity index (χ3n) is 2.97. The summed E-state index contributed by atoms with van der Waals surface area (Å²) < 4.78 is 0. The number of hydrogen-bond donors (Lipinski definition) is 2. The van der Waals surface area contributed by atoms with Crippen LogP contribution in [0.5, 0.6) is 0 Å². The molecule has 0 aromatic carbocycles. The van der Waals surface area contributed by atoms with Crippen molar-refractivity contribution in [3.63, 3.8) is 0 Å². The second-order valence-electron chi connectivity index (χ2n) is 4.64. The summed E-state index contributed by atoms with van der Waals surface area (Å²) in [5.41, 5.74) is 0. The molecule has 2 amide bonds. The lowest BCUT2D eigenvalue weighted by atomic mass is 10.3. The number of carbonyl (C=O) groups excluding carboxylic acids is 2. The molecular formula is C11H18N2O3. The van der Waals surface area contributed by atoms with Crippen molar-refractivity contribution in [2.45, 2.75) is 44.2 Å². The maximum atomic E-state index is 11.3. The van der Waals surface area contributed by atoms with Gasteiger partial charge in [0.05, 0.1) is 12.5 Å². The first-order valence-electron chi connectivity index (χ1n) is 5.90. The minimum Gasteiger partial charge on any atom is -0.391 e. The van der Waals surface area contributed by atoms with Crippen LogP contribution in [0.25, 0.3) is 0 Å². The van der Waals surface area contributed by atoms with Crippen LogP contribution >= 0.6 is 0 Å². The summed E-state index contributed by atoms with van der Waals surface area (Å²) in [6, 6.07) is 0.405. The van der Waals surface area contributed by atoms with Crippen LogP contribution < -0.4 is 5.32 Å². The van der Waals surface area contributed by atoms with E-state index < -0.39 is 6.10 Å². The van der Waals surface area contributed by atoms with Crippen molar-refractivity contribution in [3.05, 3.63) is 0 Å². The molecule has 0 aromatic heterocycles. The zero-order valence-corrected chi connectivity index (χ0v) is 9.32. The van der Waals surface area contributed by atoms with Gasteiger partial charge in [-0.1, -0.05) is 0 Å². The Kier molecular flexibility index (Phi) is 3.43.